The number of piperazine rings is 1. The second kappa shape index (κ2) is 10.8. The van der Waals surface area contributed by atoms with Crippen LogP contribution in [0, 0.1) is 0 Å². The molecule has 1 fully saturated rings. The van der Waals surface area contributed by atoms with E-state index in [4.69, 9.17) is 4.74 Å². The van der Waals surface area contributed by atoms with Gasteiger partial charge in [0.1, 0.15) is 18.1 Å². The van der Waals surface area contributed by atoms with Crippen molar-refractivity contribution in [3.05, 3.63) is 83.8 Å². The first-order valence-electron chi connectivity index (χ1n) is 11.7. The Labute approximate surface area is 208 Å². The minimum absolute atomic E-state index is 0.0126. The smallest absolute Gasteiger partial charge is 0.433 e. The summed E-state index contributed by atoms with van der Waals surface area (Å²) < 4.78 is 43.4. The lowest BCUT2D eigenvalue weighted by Gasteiger charge is -2.37. The molecule has 36 heavy (non-hydrogen) atoms. The minimum atomic E-state index is -4.46. The number of hydrogen-bond acceptors (Lipinski definition) is 7. The largest absolute Gasteiger partial charge is 0.472 e. The third kappa shape index (κ3) is 6.44. The maximum absolute atomic E-state index is 12.6. The molecule has 1 aliphatic heterocycles. The van der Waals surface area contributed by atoms with Crippen molar-refractivity contribution in [1.82, 2.24) is 20.1 Å². The third-order valence-corrected chi connectivity index (χ3v) is 6.08. The molecule has 3 heterocycles. The summed E-state index contributed by atoms with van der Waals surface area (Å²) in [5.41, 5.74) is 3.01. The van der Waals surface area contributed by atoms with Crippen LogP contribution in [-0.2, 0) is 12.8 Å². The molecular formula is C26H29F3N6O. The van der Waals surface area contributed by atoms with Crippen molar-refractivity contribution in [3.8, 4) is 5.88 Å². The normalized spacial score (nSPS) is 14.9. The fraction of sp³-hybridized carbons (Fsp3) is 0.346. The van der Waals surface area contributed by atoms with Gasteiger partial charge in [0.25, 0.3) is 0 Å². The second-order valence-corrected chi connectivity index (χ2v) is 8.76. The molecule has 4 rings (SSSR count). The standard InChI is InChI=1S/C26H29F3N6O/c1-18(2)34-12-14-35(15-13-34)22-7-5-21(6-8-22)19(3)31-24-10-11-25(33-32-24)36-17-20-4-9-23(30-16-20)26(27,28)29/h4-11,16,19H,1,12-15,17H2,2-3H3,(H,31,32). The summed E-state index contributed by atoms with van der Waals surface area (Å²) >= 11 is 0. The topological polar surface area (TPSA) is 66.4 Å². The Hall–Kier alpha value is -3.82. The molecule has 3 aromatic rings. The minimum Gasteiger partial charge on any atom is -0.472 e. The van der Waals surface area contributed by atoms with Crippen molar-refractivity contribution in [3.63, 3.8) is 0 Å². The number of nitrogens with zero attached hydrogens (tertiary/aromatic N) is 5. The van der Waals surface area contributed by atoms with E-state index in [0.717, 1.165) is 49.7 Å². The lowest BCUT2D eigenvalue weighted by molar-refractivity contribution is -0.141. The molecule has 1 aliphatic rings. The number of anilines is 2. The first kappa shape index (κ1) is 25.3. The summed E-state index contributed by atoms with van der Waals surface area (Å²) in [6, 6.07) is 14.2. The van der Waals surface area contributed by atoms with E-state index in [2.05, 4.69) is 61.1 Å². The van der Waals surface area contributed by atoms with Gasteiger partial charge in [0.2, 0.25) is 5.88 Å². The molecule has 1 unspecified atom stereocenters. The van der Waals surface area contributed by atoms with Gasteiger partial charge in [-0.15, -0.1) is 10.2 Å². The fourth-order valence-electron chi connectivity index (χ4n) is 3.93. The van der Waals surface area contributed by atoms with Crippen molar-refractivity contribution in [2.75, 3.05) is 36.4 Å². The van der Waals surface area contributed by atoms with Gasteiger partial charge in [0, 0.05) is 55.4 Å². The maximum Gasteiger partial charge on any atom is 0.433 e. The molecule has 10 heteroatoms. The van der Waals surface area contributed by atoms with E-state index >= 15 is 0 Å². The number of halogens is 3. The van der Waals surface area contributed by atoms with E-state index < -0.39 is 11.9 Å². The van der Waals surface area contributed by atoms with Crippen LogP contribution in [0.2, 0.25) is 0 Å². The van der Waals surface area contributed by atoms with E-state index in [9.17, 15) is 13.2 Å². The van der Waals surface area contributed by atoms with Crippen LogP contribution in [0.15, 0.2) is 67.0 Å². The van der Waals surface area contributed by atoms with Gasteiger partial charge in [0.15, 0.2) is 0 Å². The van der Waals surface area contributed by atoms with Crippen molar-refractivity contribution in [2.24, 2.45) is 0 Å². The zero-order valence-corrected chi connectivity index (χ0v) is 20.3. The molecule has 0 amide bonds. The predicted octanol–water partition coefficient (Wildman–Crippen LogP) is 5.30. The zero-order chi connectivity index (χ0) is 25.7. The van der Waals surface area contributed by atoms with Crippen LogP contribution >= 0.6 is 0 Å². The molecule has 0 spiro atoms. The Balaban J connectivity index is 1.27. The molecule has 0 aliphatic carbocycles. The third-order valence-electron chi connectivity index (χ3n) is 6.08. The van der Waals surface area contributed by atoms with Gasteiger partial charge in [0.05, 0.1) is 6.04 Å². The van der Waals surface area contributed by atoms with Gasteiger partial charge < -0.3 is 19.9 Å². The maximum atomic E-state index is 12.6. The molecule has 7 nitrogen and oxygen atoms in total. The Morgan fingerprint density at radius 3 is 2.31 bits per heavy atom. The lowest BCUT2D eigenvalue weighted by Crippen LogP contribution is -2.45. The van der Waals surface area contributed by atoms with Crippen molar-refractivity contribution >= 4 is 11.5 Å². The van der Waals surface area contributed by atoms with Crippen LogP contribution < -0.4 is 15.0 Å². The summed E-state index contributed by atoms with van der Waals surface area (Å²) in [4.78, 5) is 8.11. The molecule has 1 N–H and O–H groups in total. The first-order valence-corrected chi connectivity index (χ1v) is 11.7. The van der Waals surface area contributed by atoms with Crippen LogP contribution in [0.4, 0.5) is 24.7 Å². The fourth-order valence-corrected chi connectivity index (χ4v) is 3.93. The molecule has 190 valence electrons. The van der Waals surface area contributed by atoms with E-state index in [1.807, 2.05) is 13.8 Å². The molecule has 0 radical (unpaired) electrons. The number of ether oxygens (including phenoxy) is 1. The van der Waals surface area contributed by atoms with Crippen LogP contribution in [0.1, 0.15) is 36.7 Å². The number of allylic oxidation sites excluding steroid dienone is 1. The summed E-state index contributed by atoms with van der Waals surface area (Å²) in [6.45, 7) is 12.1. The first-order chi connectivity index (χ1) is 17.2. The average molecular weight is 499 g/mol. The quantitative estimate of drug-likeness (QED) is 0.452. The van der Waals surface area contributed by atoms with Crippen LogP contribution in [-0.4, -0.2) is 46.3 Å². The van der Waals surface area contributed by atoms with Gasteiger partial charge in [-0.3, -0.25) is 4.98 Å². The summed E-state index contributed by atoms with van der Waals surface area (Å²) in [5.74, 6) is 0.857. The van der Waals surface area contributed by atoms with Crippen LogP contribution in [0.5, 0.6) is 5.88 Å². The molecular weight excluding hydrogens is 469 g/mol. The number of alkyl halides is 3. The highest BCUT2D eigenvalue weighted by Gasteiger charge is 2.32. The number of benzene rings is 1. The van der Waals surface area contributed by atoms with Crippen LogP contribution in [0.25, 0.3) is 0 Å². The number of rotatable bonds is 8. The lowest BCUT2D eigenvalue weighted by atomic mass is 10.1. The molecule has 1 saturated heterocycles. The van der Waals surface area contributed by atoms with E-state index in [-0.39, 0.29) is 18.5 Å². The molecule has 2 aromatic heterocycles. The number of aromatic nitrogens is 3. The average Bonchev–Trinajstić information content (AvgIpc) is 2.88. The summed E-state index contributed by atoms with van der Waals surface area (Å²) in [7, 11) is 0. The highest BCUT2D eigenvalue weighted by Crippen LogP contribution is 2.27. The van der Waals surface area contributed by atoms with Gasteiger partial charge >= 0.3 is 6.18 Å². The van der Waals surface area contributed by atoms with E-state index in [0.29, 0.717) is 11.4 Å². The van der Waals surface area contributed by atoms with Gasteiger partial charge in [-0.2, -0.15) is 13.2 Å². The van der Waals surface area contributed by atoms with Crippen LogP contribution in [0.3, 0.4) is 0 Å². The van der Waals surface area contributed by atoms with Crippen molar-refractivity contribution in [1.29, 1.82) is 0 Å². The number of nitrogens with one attached hydrogen (secondary N) is 1. The molecule has 1 atom stereocenters. The second-order valence-electron chi connectivity index (χ2n) is 8.76. The Bertz CT molecular complexity index is 1140. The Morgan fingerprint density at radius 2 is 1.75 bits per heavy atom. The van der Waals surface area contributed by atoms with Gasteiger partial charge in [-0.1, -0.05) is 24.8 Å². The van der Waals surface area contributed by atoms with Crippen molar-refractivity contribution in [2.45, 2.75) is 32.7 Å². The SMILES string of the molecule is C=C(C)N1CCN(c2ccc(C(C)Nc3ccc(OCc4ccc(C(F)(F)F)nc4)nn3)cc2)CC1. The molecule has 0 bridgehead atoms. The summed E-state index contributed by atoms with van der Waals surface area (Å²) in [5, 5.41) is 11.5. The van der Waals surface area contributed by atoms with E-state index in [1.54, 1.807) is 12.1 Å². The Kier molecular flexibility index (Phi) is 7.61. The van der Waals surface area contributed by atoms with E-state index in [1.165, 1.54) is 11.8 Å². The highest BCUT2D eigenvalue weighted by atomic mass is 19.4. The number of hydrogen-bond donors (Lipinski definition) is 1. The molecule has 0 saturated carbocycles. The summed E-state index contributed by atoms with van der Waals surface area (Å²) in [6.07, 6.45) is -3.32. The monoisotopic (exact) mass is 498 g/mol. The van der Waals surface area contributed by atoms with Gasteiger partial charge in [-0.05, 0) is 43.7 Å². The van der Waals surface area contributed by atoms with Crippen molar-refractivity contribution < 1.29 is 17.9 Å². The number of pyridine rings is 1. The Morgan fingerprint density at radius 1 is 1.03 bits per heavy atom. The molecule has 1 aromatic carbocycles. The predicted molar refractivity (Wildman–Crippen MR) is 133 cm³/mol. The van der Waals surface area contributed by atoms with Gasteiger partial charge in [-0.25, -0.2) is 0 Å². The highest BCUT2D eigenvalue weighted by molar-refractivity contribution is 5.49. The zero-order valence-electron chi connectivity index (χ0n) is 20.3.